The van der Waals surface area contributed by atoms with Gasteiger partial charge in [-0.05, 0) is 37.7 Å². The maximum Gasteiger partial charge on any atom is 0.196 e. The van der Waals surface area contributed by atoms with Gasteiger partial charge in [0.15, 0.2) is 11.7 Å². The number of nitrogens with zero attached hydrogens (tertiary/aromatic N) is 1. The van der Waals surface area contributed by atoms with Crippen LogP contribution in [0.4, 0.5) is 0 Å². The largest absolute Gasteiger partial charge is 0.494 e. The van der Waals surface area contributed by atoms with Crippen molar-refractivity contribution in [2.75, 3.05) is 19.7 Å². The molecule has 0 fully saturated rings. The summed E-state index contributed by atoms with van der Waals surface area (Å²) in [6, 6.07) is 7.86. The van der Waals surface area contributed by atoms with Crippen molar-refractivity contribution in [3.63, 3.8) is 0 Å². The van der Waals surface area contributed by atoms with Gasteiger partial charge < -0.3 is 14.5 Å². The highest BCUT2D eigenvalue weighted by Gasteiger charge is 2.06. The lowest BCUT2D eigenvalue weighted by atomic mass is 10.2. The van der Waals surface area contributed by atoms with E-state index in [1.54, 1.807) is 6.20 Å². The Labute approximate surface area is 113 Å². The Morgan fingerprint density at radius 3 is 2.68 bits per heavy atom. The molecule has 1 aromatic heterocycles. The molecule has 0 spiro atoms. The fourth-order valence-corrected chi connectivity index (χ4v) is 1.81. The van der Waals surface area contributed by atoms with Crippen molar-refractivity contribution in [2.45, 2.75) is 20.3 Å². The second-order valence-corrected chi connectivity index (χ2v) is 4.18. The van der Waals surface area contributed by atoms with Crippen LogP contribution in [0.1, 0.15) is 19.7 Å². The Kier molecular flexibility index (Phi) is 4.98. The number of benzene rings is 1. The molecule has 1 N–H and O–H groups in total. The van der Waals surface area contributed by atoms with Crippen LogP contribution in [0.5, 0.6) is 5.75 Å². The maximum absolute atomic E-state index is 5.72. The van der Waals surface area contributed by atoms with Crippen molar-refractivity contribution >= 4 is 0 Å². The number of rotatable bonds is 7. The van der Waals surface area contributed by atoms with Crippen molar-refractivity contribution < 1.29 is 9.15 Å². The van der Waals surface area contributed by atoms with E-state index in [1.165, 1.54) is 0 Å². The second kappa shape index (κ2) is 6.95. The van der Waals surface area contributed by atoms with Gasteiger partial charge in [-0.2, -0.15) is 0 Å². The summed E-state index contributed by atoms with van der Waals surface area (Å²) in [5, 5.41) is 3.25. The molecule has 2 rings (SSSR count). The summed E-state index contributed by atoms with van der Waals surface area (Å²) < 4.78 is 11.1. The van der Waals surface area contributed by atoms with Gasteiger partial charge in [0.25, 0.3) is 0 Å². The average Bonchev–Trinajstić information content (AvgIpc) is 2.89. The van der Waals surface area contributed by atoms with Crippen LogP contribution in [0, 0.1) is 0 Å². The average molecular weight is 260 g/mol. The van der Waals surface area contributed by atoms with E-state index < -0.39 is 0 Å². The first-order valence-electron chi connectivity index (χ1n) is 6.72. The number of hydrogen-bond donors (Lipinski definition) is 1. The summed E-state index contributed by atoms with van der Waals surface area (Å²) in [5.74, 6) is 2.44. The zero-order valence-electron chi connectivity index (χ0n) is 11.5. The third-order valence-electron chi connectivity index (χ3n) is 2.77. The number of aromatic nitrogens is 1. The van der Waals surface area contributed by atoms with E-state index in [-0.39, 0.29) is 0 Å². The normalized spacial score (nSPS) is 10.6. The SMILES string of the molecule is CCNCCc1ncc(-c2ccc(OCC)cc2)o1. The molecule has 4 heteroatoms. The minimum absolute atomic E-state index is 0.677. The van der Waals surface area contributed by atoms with E-state index >= 15 is 0 Å². The van der Waals surface area contributed by atoms with Crippen molar-refractivity contribution in [1.82, 2.24) is 10.3 Å². The maximum atomic E-state index is 5.72. The molecule has 0 aliphatic rings. The summed E-state index contributed by atoms with van der Waals surface area (Å²) in [5.41, 5.74) is 1.02. The van der Waals surface area contributed by atoms with Crippen molar-refractivity contribution in [3.8, 4) is 17.1 Å². The Hall–Kier alpha value is -1.81. The second-order valence-electron chi connectivity index (χ2n) is 4.18. The molecule has 1 aromatic carbocycles. The summed E-state index contributed by atoms with van der Waals surface area (Å²) in [6.45, 7) is 6.59. The smallest absolute Gasteiger partial charge is 0.196 e. The molecule has 0 bridgehead atoms. The standard InChI is InChI=1S/C15H20N2O2/c1-3-16-10-9-15-17-11-14(19-15)12-5-7-13(8-6-12)18-4-2/h5-8,11,16H,3-4,9-10H2,1-2H3. The Balaban J connectivity index is 2.01. The summed E-state index contributed by atoms with van der Waals surface area (Å²) in [7, 11) is 0. The lowest BCUT2D eigenvalue weighted by Crippen LogP contribution is -2.16. The predicted molar refractivity (Wildman–Crippen MR) is 75.4 cm³/mol. The molecule has 19 heavy (non-hydrogen) atoms. The molecular formula is C15H20N2O2. The van der Waals surface area contributed by atoms with E-state index in [9.17, 15) is 0 Å². The number of nitrogens with one attached hydrogen (secondary N) is 1. The van der Waals surface area contributed by atoms with E-state index in [2.05, 4.69) is 17.2 Å². The van der Waals surface area contributed by atoms with Gasteiger partial charge in [-0.3, -0.25) is 0 Å². The third kappa shape index (κ3) is 3.83. The van der Waals surface area contributed by atoms with Crippen LogP contribution in [0.25, 0.3) is 11.3 Å². The summed E-state index contributed by atoms with van der Waals surface area (Å²) in [4.78, 5) is 4.29. The van der Waals surface area contributed by atoms with Crippen LogP contribution in [0.3, 0.4) is 0 Å². The fraction of sp³-hybridized carbons (Fsp3) is 0.400. The zero-order chi connectivity index (χ0) is 13.5. The third-order valence-corrected chi connectivity index (χ3v) is 2.77. The lowest BCUT2D eigenvalue weighted by Gasteiger charge is -2.03. The molecule has 102 valence electrons. The topological polar surface area (TPSA) is 47.3 Å². The molecule has 4 nitrogen and oxygen atoms in total. The Morgan fingerprint density at radius 2 is 2.00 bits per heavy atom. The van der Waals surface area contributed by atoms with E-state index in [0.29, 0.717) is 6.61 Å². The van der Waals surface area contributed by atoms with Gasteiger partial charge in [0.2, 0.25) is 0 Å². The Bertz CT molecular complexity index is 491. The van der Waals surface area contributed by atoms with Gasteiger partial charge >= 0.3 is 0 Å². The van der Waals surface area contributed by atoms with Crippen LogP contribution in [-0.2, 0) is 6.42 Å². The van der Waals surface area contributed by atoms with Crippen LogP contribution in [0.15, 0.2) is 34.9 Å². The zero-order valence-corrected chi connectivity index (χ0v) is 11.5. The molecule has 0 unspecified atom stereocenters. The van der Waals surface area contributed by atoms with Gasteiger partial charge in [0.1, 0.15) is 5.75 Å². The van der Waals surface area contributed by atoms with Crippen LogP contribution in [0.2, 0.25) is 0 Å². The first-order valence-corrected chi connectivity index (χ1v) is 6.72. The quantitative estimate of drug-likeness (QED) is 0.778. The lowest BCUT2D eigenvalue weighted by molar-refractivity contribution is 0.340. The van der Waals surface area contributed by atoms with Crippen LogP contribution >= 0.6 is 0 Å². The first-order chi connectivity index (χ1) is 9.33. The molecule has 0 aliphatic heterocycles. The molecule has 0 aliphatic carbocycles. The highest BCUT2D eigenvalue weighted by molar-refractivity contribution is 5.57. The molecule has 0 atom stereocenters. The highest BCUT2D eigenvalue weighted by Crippen LogP contribution is 2.23. The molecular weight excluding hydrogens is 240 g/mol. The van der Waals surface area contributed by atoms with E-state index in [1.807, 2.05) is 31.2 Å². The molecule has 0 amide bonds. The number of ether oxygens (including phenoxy) is 1. The molecule has 0 radical (unpaired) electrons. The van der Waals surface area contributed by atoms with Gasteiger partial charge in [0.05, 0.1) is 12.8 Å². The minimum atomic E-state index is 0.677. The van der Waals surface area contributed by atoms with Crippen molar-refractivity contribution in [1.29, 1.82) is 0 Å². The first kappa shape index (κ1) is 13.6. The molecule has 0 saturated heterocycles. The van der Waals surface area contributed by atoms with E-state index in [4.69, 9.17) is 9.15 Å². The van der Waals surface area contributed by atoms with Crippen molar-refractivity contribution in [3.05, 3.63) is 36.4 Å². The Morgan fingerprint density at radius 1 is 1.21 bits per heavy atom. The molecule has 2 aromatic rings. The van der Waals surface area contributed by atoms with Crippen LogP contribution < -0.4 is 10.1 Å². The highest BCUT2D eigenvalue weighted by atomic mass is 16.5. The number of hydrogen-bond acceptors (Lipinski definition) is 4. The fourth-order valence-electron chi connectivity index (χ4n) is 1.81. The summed E-state index contributed by atoms with van der Waals surface area (Å²) >= 11 is 0. The number of oxazole rings is 1. The van der Waals surface area contributed by atoms with Gasteiger partial charge in [-0.15, -0.1) is 0 Å². The minimum Gasteiger partial charge on any atom is -0.494 e. The molecule has 1 heterocycles. The summed E-state index contributed by atoms with van der Waals surface area (Å²) in [6.07, 6.45) is 2.59. The number of likely N-dealkylation sites (N-methyl/N-ethyl adjacent to an activating group) is 1. The van der Waals surface area contributed by atoms with Gasteiger partial charge in [0, 0.05) is 18.5 Å². The monoisotopic (exact) mass is 260 g/mol. The van der Waals surface area contributed by atoms with Crippen molar-refractivity contribution in [2.24, 2.45) is 0 Å². The van der Waals surface area contributed by atoms with Crippen LogP contribution in [-0.4, -0.2) is 24.7 Å². The van der Waals surface area contributed by atoms with Gasteiger partial charge in [-0.1, -0.05) is 6.92 Å². The van der Waals surface area contributed by atoms with E-state index in [0.717, 1.165) is 42.5 Å². The predicted octanol–water partition coefficient (Wildman–Crippen LogP) is 2.89. The molecule has 0 saturated carbocycles. The van der Waals surface area contributed by atoms with Gasteiger partial charge in [-0.25, -0.2) is 4.98 Å².